The summed E-state index contributed by atoms with van der Waals surface area (Å²) >= 11 is 3.59. The molecule has 4 rings (SSSR count). The van der Waals surface area contributed by atoms with Gasteiger partial charge < -0.3 is 19.9 Å². The number of hydrogen-bond acceptors (Lipinski definition) is 4. The van der Waals surface area contributed by atoms with E-state index in [4.69, 9.17) is 9.47 Å². The number of phenolic OH excluding ortho intramolecular Hbond substituents is 1. The van der Waals surface area contributed by atoms with Gasteiger partial charge in [0, 0.05) is 34.3 Å². The molecule has 0 saturated heterocycles. The van der Waals surface area contributed by atoms with Gasteiger partial charge >= 0.3 is 0 Å². The van der Waals surface area contributed by atoms with Crippen LogP contribution in [0.1, 0.15) is 17.0 Å². The summed E-state index contributed by atoms with van der Waals surface area (Å²) in [5, 5.41) is 13.6. The predicted molar refractivity (Wildman–Crippen MR) is 78.7 cm³/mol. The maximum absolute atomic E-state index is 10.3. The molecule has 5 heteroatoms. The van der Waals surface area contributed by atoms with Crippen LogP contribution >= 0.6 is 15.9 Å². The van der Waals surface area contributed by atoms with E-state index in [2.05, 4.69) is 21.2 Å². The van der Waals surface area contributed by atoms with Crippen LogP contribution in [0.3, 0.4) is 0 Å². The molecule has 0 saturated carbocycles. The van der Waals surface area contributed by atoms with Crippen molar-refractivity contribution in [2.75, 3.05) is 18.7 Å². The maximum Gasteiger partial charge on any atom is 0.231 e. The first-order chi connectivity index (χ1) is 9.74. The predicted octanol–water partition coefficient (Wildman–Crippen LogP) is 3.44. The van der Waals surface area contributed by atoms with Gasteiger partial charge in [-0.15, -0.1) is 0 Å². The van der Waals surface area contributed by atoms with Crippen LogP contribution in [0.2, 0.25) is 0 Å². The molecule has 1 unspecified atom stereocenters. The third-order valence-corrected chi connectivity index (χ3v) is 4.49. The van der Waals surface area contributed by atoms with Crippen molar-refractivity contribution in [3.05, 3.63) is 45.9 Å². The Bertz CT molecular complexity index is 702. The van der Waals surface area contributed by atoms with E-state index < -0.39 is 0 Å². The van der Waals surface area contributed by atoms with Crippen molar-refractivity contribution < 1.29 is 14.6 Å². The SMILES string of the molecule is Oc1cc2c(cc1C1CNc3cccc(Br)c31)OCO2. The minimum Gasteiger partial charge on any atom is -0.508 e. The summed E-state index contributed by atoms with van der Waals surface area (Å²) in [7, 11) is 0. The fourth-order valence-corrected chi connectivity index (χ4v) is 3.49. The third kappa shape index (κ3) is 1.66. The molecule has 0 radical (unpaired) electrons. The van der Waals surface area contributed by atoms with E-state index in [0.29, 0.717) is 11.5 Å². The molecule has 2 N–H and O–H groups in total. The number of aromatic hydroxyl groups is 1. The fraction of sp³-hybridized carbons (Fsp3) is 0.200. The average molecular weight is 334 g/mol. The zero-order valence-corrected chi connectivity index (χ0v) is 12.1. The van der Waals surface area contributed by atoms with Gasteiger partial charge in [0.2, 0.25) is 6.79 Å². The molecular formula is C15H12BrNO3. The first-order valence-corrected chi connectivity index (χ1v) is 7.18. The number of phenols is 1. The van der Waals surface area contributed by atoms with E-state index in [0.717, 1.165) is 22.3 Å². The Morgan fingerprint density at radius 1 is 1.20 bits per heavy atom. The number of anilines is 1. The zero-order valence-electron chi connectivity index (χ0n) is 10.5. The highest BCUT2D eigenvalue weighted by atomic mass is 79.9. The quantitative estimate of drug-likeness (QED) is 0.839. The summed E-state index contributed by atoms with van der Waals surface area (Å²) < 4.78 is 11.7. The lowest BCUT2D eigenvalue weighted by Crippen LogP contribution is -2.04. The number of ether oxygens (including phenoxy) is 2. The molecule has 0 aliphatic carbocycles. The molecule has 2 aromatic rings. The Morgan fingerprint density at radius 2 is 2.00 bits per heavy atom. The molecule has 2 aliphatic heterocycles. The van der Waals surface area contributed by atoms with Crippen LogP contribution in [0.5, 0.6) is 17.2 Å². The lowest BCUT2D eigenvalue weighted by Gasteiger charge is -2.14. The minimum absolute atomic E-state index is 0.0927. The Labute approximate surface area is 124 Å². The zero-order chi connectivity index (χ0) is 13.7. The first kappa shape index (κ1) is 11.9. The molecule has 2 heterocycles. The maximum atomic E-state index is 10.3. The van der Waals surface area contributed by atoms with Crippen molar-refractivity contribution >= 4 is 21.6 Å². The normalized spacial score (nSPS) is 18.8. The molecular weight excluding hydrogens is 322 g/mol. The van der Waals surface area contributed by atoms with E-state index in [-0.39, 0.29) is 18.5 Å². The molecule has 1 atom stereocenters. The highest BCUT2D eigenvalue weighted by Gasteiger charge is 2.30. The molecule has 0 fully saturated rings. The highest BCUT2D eigenvalue weighted by molar-refractivity contribution is 9.10. The Morgan fingerprint density at radius 3 is 2.85 bits per heavy atom. The van der Waals surface area contributed by atoms with Gasteiger partial charge in [-0.25, -0.2) is 0 Å². The third-order valence-electron chi connectivity index (χ3n) is 3.80. The monoisotopic (exact) mass is 333 g/mol. The Hall–Kier alpha value is -1.88. The molecule has 0 bridgehead atoms. The van der Waals surface area contributed by atoms with E-state index in [1.807, 2.05) is 24.3 Å². The second-order valence-electron chi connectivity index (χ2n) is 4.90. The van der Waals surface area contributed by atoms with Crippen LogP contribution in [0.4, 0.5) is 5.69 Å². The van der Waals surface area contributed by atoms with Crippen molar-refractivity contribution in [1.29, 1.82) is 0 Å². The summed E-state index contributed by atoms with van der Waals surface area (Å²) in [4.78, 5) is 0. The van der Waals surface area contributed by atoms with Gasteiger partial charge in [0.25, 0.3) is 0 Å². The highest BCUT2D eigenvalue weighted by Crippen LogP contribution is 2.47. The smallest absolute Gasteiger partial charge is 0.231 e. The van der Waals surface area contributed by atoms with Gasteiger partial charge in [-0.1, -0.05) is 22.0 Å². The standard InChI is InChI=1S/C15H12BrNO3/c16-10-2-1-3-11-15(10)9(6-17-11)8-4-13-14(5-12(8)18)20-7-19-13/h1-5,9,17-18H,6-7H2. The lowest BCUT2D eigenvalue weighted by molar-refractivity contribution is 0.174. The van der Waals surface area contributed by atoms with E-state index >= 15 is 0 Å². The van der Waals surface area contributed by atoms with E-state index in [1.54, 1.807) is 6.07 Å². The molecule has 102 valence electrons. The fourth-order valence-electron chi connectivity index (χ4n) is 2.85. The second kappa shape index (κ2) is 4.31. The van der Waals surface area contributed by atoms with E-state index in [1.165, 1.54) is 5.56 Å². The molecule has 2 aromatic carbocycles. The van der Waals surface area contributed by atoms with Crippen molar-refractivity contribution in [3.8, 4) is 17.2 Å². The summed E-state index contributed by atoms with van der Waals surface area (Å²) in [5.74, 6) is 1.63. The summed E-state index contributed by atoms with van der Waals surface area (Å²) in [6, 6.07) is 9.57. The summed E-state index contributed by atoms with van der Waals surface area (Å²) in [6.45, 7) is 0.965. The van der Waals surface area contributed by atoms with Gasteiger partial charge in [-0.3, -0.25) is 0 Å². The molecule has 0 spiro atoms. The van der Waals surface area contributed by atoms with Gasteiger partial charge in [0.15, 0.2) is 11.5 Å². The Kier molecular flexibility index (Phi) is 2.57. The van der Waals surface area contributed by atoms with Gasteiger partial charge in [0.1, 0.15) is 5.75 Å². The number of fused-ring (bicyclic) bond motifs is 2. The number of nitrogens with one attached hydrogen (secondary N) is 1. The van der Waals surface area contributed by atoms with Crippen LogP contribution in [0, 0.1) is 0 Å². The van der Waals surface area contributed by atoms with Crippen LogP contribution < -0.4 is 14.8 Å². The Balaban J connectivity index is 1.85. The molecule has 0 amide bonds. The van der Waals surface area contributed by atoms with E-state index in [9.17, 15) is 5.11 Å². The van der Waals surface area contributed by atoms with Gasteiger partial charge in [0.05, 0.1) is 0 Å². The van der Waals surface area contributed by atoms with Crippen molar-refractivity contribution in [2.24, 2.45) is 0 Å². The first-order valence-electron chi connectivity index (χ1n) is 6.39. The average Bonchev–Trinajstić information content (AvgIpc) is 3.04. The van der Waals surface area contributed by atoms with Crippen molar-refractivity contribution in [1.82, 2.24) is 0 Å². The van der Waals surface area contributed by atoms with Gasteiger partial charge in [-0.05, 0) is 23.8 Å². The van der Waals surface area contributed by atoms with Crippen molar-refractivity contribution in [3.63, 3.8) is 0 Å². The number of hydrogen-bond donors (Lipinski definition) is 2. The molecule has 0 aromatic heterocycles. The molecule has 4 nitrogen and oxygen atoms in total. The summed E-state index contributed by atoms with van der Waals surface area (Å²) in [5.41, 5.74) is 3.12. The largest absolute Gasteiger partial charge is 0.508 e. The van der Waals surface area contributed by atoms with Gasteiger partial charge in [-0.2, -0.15) is 0 Å². The number of rotatable bonds is 1. The van der Waals surface area contributed by atoms with Crippen molar-refractivity contribution in [2.45, 2.75) is 5.92 Å². The lowest BCUT2D eigenvalue weighted by atomic mass is 9.92. The van der Waals surface area contributed by atoms with Crippen LogP contribution in [0.15, 0.2) is 34.8 Å². The minimum atomic E-state index is 0.0927. The summed E-state index contributed by atoms with van der Waals surface area (Å²) in [6.07, 6.45) is 0. The molecule has 2 aliphatic rings. The van der Waals surface area contributed by atoms with Crippen LogP contribution in [-0.4, -0.2) is 18.4 Å². The number of halogens is 1. The molecule has 20 heavy (non-hydrogen) atoms. The topological polar surface area (TPSA) is 50.7 Å². The number of benzene rings is 2. The van der Waals surface area contributed by atoms with Crippen LogP contribution in [-0.2, 0) is 0 Å². The van der Waals surface area contributed by atoms with Crippen LogP contribution in [0.25, 0.3) is 0 Å². The second-order valence-corrected chi connectivity index (χ2v) is 5.75.